The molecule has 0 spiro atoms. The minimum absolute atomic E-state index is 0.342. The smallest absolute Gasteiger partial charge is 0.232 e. The fourth-order valence-corrected chi connectivity index (χ4v) is 3.17. The molecule has 1 N–H and O–H groups in total. The maximum absolute atomic E-state index is 11.9. The van der Waals surface area contributed by atoms with Gasteiger partial charge in [-0.25, -0.2) is 0 Å². The first kappa shape index (κ1) is 15.8. The number of hydrogen-bond donors (Lipinski definition) is 1. The van der Waals surface area contributed by atoms with Gasteiger partial charge in [0.25, 0.3) is 0 Å². The van der Waals surface area contributed by atoms with Crippen LogP contribution in [0.15, 0.2) is 0 Å². The Balaban J connectivity index is 2.01. The van der Waals surface area contributed by atoms with Gasteiger partial charge in [-0.2, -0.15) is 11.8 Å². The van der Waals surface area contributed by atoms with Crippen LogP contribution in [0.5, 0.6) is 0 Å². The van der Waals surface area contributed by atoms with Gasteiger partial charge in [-0.15, -0.1) is 0 Å². The molecule has 1 fully saturated rings. The lowest BCUT2D eigenvalue weighted by Crippen LogP contribution is -2.36. The molecule has 1 aliphatic heterocycles. The molecule has 3 nitrogen and oxygen atoms in total. The number of piperidine rings is 1. The fourth-order valence-electron chi connectivity index (χ4n) is 2.15. The van der Waals surface area contributed by atoms with Crippen LogP contribution in [0.25, 0.3) is 0 Å². The topological polar surface area (TPSA) is 32.3 Å². The highest BCUT2D eigenvalue weighted by Crippen LogP contribution is 2.12. The van der Waals surface area contributed by atoms with Crippen molar-refractivity contribution in [2.45, 2.75) is 52.0 Å². The molecule has 0 aromatic rings. The van der Waals surface area contributed by atoms with E-state index in [2.05, 4.69) is 19.2 Å². The number of carbonyl (C=O) groups is 1. The zero-order chi connectivity index (χ0) is 13.2. The van der Waals surface area contributed by atoms with Crippen LogP contribution in [0.3, 0.4) is 0 Å². The highest BCUT2D eigenvalue weighted by molar-refractivity contribution is 7.99. The number of hydrogen-bond acceptors (Lipinski definition) is 3. The first-order chi connectivity index (χ1) is 8.74. The van der Waals surface area contributed by atoms with Crippen LogP contribution in [0.4, 0.5) is 0 Å². The molecule has 0 aromatic heterocycles. The van der Waals surface area contributed by atoms with Crippen molar-refractivity contribution >= 4 is 17.7 Å². The SMILES string of the molecule is CCCNC(C)CCSCC(=O)N1CCCCC1. The summed E-state index contributed by atoms with van der Waals surface area (Å²) in [6.07, 6.45) is 6.00. The van der Waals surface area contributed by atoms with Crippen LogP contribution in [0.1, 0.15) is 46.0 Å². The second-order valence-electron chi connectivity index (χ2n) is 5.14. The second-order valence-corrected chi connectivity index (χ2v) is 6.24. The number of likely N-dealkylation sites (tertiary alicyclic amines) is 1. The monoisotopic (exact) mass is 272 g/mol. The van der Waals surface area contributed by atoms with E-state index in [9.17, 15) is 4.79 Å². The number of rotatable bonds is 8. The molecular weight excluding hydrogens is 244 g/mol. The normalized spacial score (nSPS) is 17.8. The highest BCUT2D eigenvalue weighted by Gasteiger charge is 2.15. The fraction of sp³-hybridized carbons (Fsp3) is 0.929. The summed E-state index contributed by atoms with van der Waals surface area (Å²) in [5.74, 6) is 2.09. The summed E-state index contributed by atoms with van der Waals surface area (Å²) in [6.45, 7) is 7.47. The molecule has 1 saturated heterocycles. The number of amides is 1. The Kier molecular flexibility index (Phi) is 8.51. The van der Waals surface area contributed by atoms with E-state index in [0.717, 1.165) is 31.8 Å². The van der Waals surface area contributed by atoms with Gasteiger partial charge in [-0.1, -0.05) is 6.92 Å². The highest BCUT2D eigenvalue weighted by atomic mass is 32.2. The minimum Gasteiger partial charge on any atom is -0.342 e. The van der Waals surface area contributed by atoms with E-state index >= 15 is 0 Å². The zero-order valence-corrected chi connectivity index (χ0v) is 12.7. The lowest BCUT2D eigenvalue weighted by molar-refractivity contribution is -0.129. The van der Waals surface area contributed by atoms with Gasteiger partial charge < -0.3 is 10.2 Å². The molecule has 18 heavy (non-hydrogen) atoms. The molecule has 0 saturated carbocycles. The van der Waals surface area contributed by atoms with Gasteiger partial charge in [-0.05, 0) is 51.3 Å². The van der Waals surface area contributed by atoms with E-state index in [1.165, 1.54) is 25.7 Å². The molecule has 1 rings (SSSR count). The molecule has 0 aliphatic carbocycles. The van der Waals surface area contributed by atoms with E-state index < -0.39 is 0 Å². The molecule has 4 heteroatoms. The number of thioether (sulfide) groups is 1. The van der Waals surface area contributed by atoms with E-state index in [4.69, 9.17) is 0 Å². The predicted octanol–water partition coefficient (Wildman–Crippen LogP) is 2.51. The van der Waals surface area contributed by atoms with Gasteiger partial charge in [0.2, 0.25) is 5.91 Å². The van der Waals surface area contributed by atoms with Gasteiger partial charge in [0, 0.05) is 19.1 Å². The average Bonchev–Trinajstić information content (AvgIpc) is 2.42. The van der Waals surface area contributed by atoms with Crippen molar-refractivity contribution in [1.82, 2.24) is 10.2 Å². The Morgan fingerprint density at radius 3 is 2.72 bits per heavy atom. The Morgan fingerprint density at radius 1 is 1.33 bits per heavy atom. The third-order valence-electron chi connectivity index (χ3n) is 3.37. The van der Waals surface area contributed by atoms with E-state index in [0.29, 0.717) is 17.7 Å². The average molecular weight is 272 g/mol. The van der Waals surface area contributed by atoms with Crippen molar-refractivity contribution in [3.05, 3.63) is 0 Å². The van der Waals surface area contributed by atoms with Gasteiger partial charge in [-0.3, -0.25) is 4.79 Å². The molecule has 1 amide bonds. The van der Waals surface area contributed by atoms with Crippen molar-refractivity contribution in [2.75, 3.05) is 31.1 Å². The minimum atomic E-state index is 0.342. The molecular formula is C14H28N2OS. The Labute approximate surface area is 116 Å². The molecule has 1 unspecified atom stereocenters. The summed E-state index contributed by atoms with van der Waals surface area (Å²) in [4.78, 5) is 13.9. The van der Waals surface area contributed by atoms with Crippen LogP contribution in [0.2, 0.25) is 0 Å². The van der Waals surface area contributed by atoms with Gasteiger partial charge in [0.05, 0.1) is 5.75 Å². The summed E-state index contributed by atoms with van der Waals surface area (Å²) in [5.41, 5.74) is 0. The van der Waals surface area contributed by atoms with Crippen molar-refractivity contribution in [1.29, 1.82) is 0 Å². The maximum Gasteiger partial charge on any atom is 0.232 e. The van der Waals surface area contributed by atoms with Crippen LogP contribution in [-0.4, -0.2) is 48.0 Å². The quantitative estimate of drug-likeness (QED) is 0.689. The van der Waals surface area contributed by atoms with Crippen LogP contribution in [-0.2, 0) is 4.79 Å². The largest absolute Gasteiger partial charge is 0.342 e. The number of carbonyl (C=O) groups excluding carboxylic acids is 1. The predicted molar refractivity (Wildman–Crippen MR) is 80.1 cm³/mol. The number of nitrogens with one attached hydrogen (secondary N) is 1. The molecule has 0 bridgehead atoms. The Hall–Kier alpha value is -0.220. The Morgan fingerprint density at radius 2 is 2.06 bits per heavy atom. The van der Waals surface area contributed by atoms with Crippen LogP contribution >= 0.6 is 11.8 Å². The van der Waals surface area contributed by atoms with Crippen molar-refractivity contribution in [3.63, 3.8) is 0 Å². The van der Waals surface area contributed by atoms with E-state index in [-0.39, 0.29) is 0 Å². The lowest BCUT2D eigenvalue weighted by atomic mass is 10.1. The lowest BCUT2D eigenvalue weighted by Gasteiger charge is -2.26. The van der Waals surface area contributed by atoms with Crippen molar-refractivity contribution < 1.29 is 4.79 Å². The van der Waals surface area contributed by atoms with Gasteiger partial charge >= 0.3 is 0 Å². The van der Waals surface area contributed by atoms with Crippen LogP contribution in [0, 0.1) is 0 Å². The first-order valence-corrected chi connectivity index (χ1v) is 8.48. The van der Waals surface area contributed by atoms with Crippen molar-refractivity contribution in [3.8, 4) is 0 Å². The summed E-state index contributed by atoms with van der Waals surface area (Å²) >= 11 is 1.79. The second kappa shape index (κ2) is 9.68. The summed E-state index contributed by atoms with van der Waals surface area (Å²) in [7, 11) is 0. The maximum atomic E-state index is 11.9. The third kappa shape index (κ3) is 6.64. The molecule has 1 aliphatic rings. The molecule has 106 valence electrons. The van der Waals surface area contributed by atoms with Crippen LogP contribution < -0.4 is 5.32 Å². The molecule has 0 aromatic carbocycles. The summed E-state index contributed by atoms with van der Waals surface area (Å²) in [6, 6.07) is 0.572. The van der Waals surface area contributed by atoms with E-state index in [1.807, 2.05) is 4.90 Å². The Bertz CT molecular complexity index is 230. The number of nitrogens with zero attached hydrogens (tertiary/aromatic N) is 1. The molecule has 0 radical (unpaired) electrons. The standard InChI is InChI=1S/C14H28N2OS/c1-3-8-15-13(2)7-11-18-12-14(17)16-9-5-4-6-10-16/h13,15H,3-12H2,1-2H3. The third-order valence-corrected chi connectivity index (χ3v) is 4.35. The summed E-state index contributed by atoms with van der Waals surface area (Å²) < 4.78 is 0. The molecule has 1 heterocycles. The summed E-state index contributed by atoms with van der Waals surface area (Å²) in [5, 5.41) is 3.48. The molecule has 1 atom stereocenters. The zero-order valence-electron chi connectivity index (χ0n) is 11.9. The van der Waals surface area contributed by atoms with E-state index in [1.54, 1.807) is 11.8 Å². The van der Waals surface area contributed by atoms with Gasteiger partial charge in [0.15, 0.2) is 0 Å². The first-order valence-electron chi connectivity index (χ1n) is 7.33. The van der Waals surface area contributed by atoms with Crippen molar-refractivity contribution in [2.24, 2.45) is 0 Å². The van der Waals surface area contributed by atoms with Gasteiger partial charge in [0.1, 0.15) is 0 Å².